The Hall–Kier alpha value is -0.490. The fraction of sp³-hybridized carbons (Fsp3) is 0.375. The molecule has 0 aliphatic carbocycles. The van der Waals surface area contributed by atoms with Crippen LogP contribution in [0.25, 0.3) is 0 Å². The van der Waals surface area contributed by atoms with Gasteiger partial charge in [0.1, 0.15) is 0 Å². The number of esters is 2. The maximum atomic E-state index is 10.9. The Morgan fingerprint density at radius 3 is 1.65 bits per heavy atom. The number of aliphatic carboxylic acids is 3. The molecule has 0 heterocycles. The van der Waals surface area contributed by atoms with Crippen LogP contribution in [0.1, 0.15) is 12.8 Å². The number of rotatable bonds is 5. The fourth-order valence-corrected chi connectivity index (χ4v) is 0.886. The van der Waals surface area contributed by atoms with E-state index >= 15 is 0 Å². The van der Waals surface area contributed by atoms with Crippen LogP contribution < -0.4 is 0 Å². The number of carboxylic acid groups (broad SMARTS) is 3. The molecular formula is C8H10Na2O10. The van der Waals surface area contributed by atoms with Gasteiger partial charge in [-0.15, -0.1) is 0 Å². The van der Waals surface area contributed by atoms with Crippen molar-refractivity contribution in [3.63, 3.8) is 0 Å². The van der Waals surface area contributed by atoms with Gasteiger partial charge >= 0.3 is 89.0 Å². The predicted octanol–water partition coefficient (Wildman–Crippen LogP) is -3.48. The van der Waals surface area contributed by atoms with Gasteiger partial charge in [-0.05, 0) is 0 Å². The van der Waals surface area contributed by atoms with E-state index in [0.29, 0.717) is 0 Å². The summed E-state index contributed by atoms with van der Waals surface area (Å²) in [5.41, 5.74) is -2.98. The molecule has 1 unspecified atom stereocenters. The average Bonchev–Trinajstić information content (AvgIpc) is 2.14. The van der Waals surface area contributed by atoms with Crippen LogP contribution in [0.3, 0.4) is 0 Å². The van der Waals surface area contributed by atoms with Crippen molar-refractivity contribution in [2.45, 2.75) is 18.4 Å². The monoisotopic (exact) mass is 312 g/mol. The van der Waals surface area contributed by atoms with Gasteiger partial charge in [0.2, 0.25) is 0 Å². The van der Waals surface area contributed by atoms with Crippen LogP contribution >= 0.6 is 0 Å². The molecule has 0 saturated carbocycles. The normalized spacial score (nSPS) is 11.8. The molecule has 20 heavy (non-hydrogen) atoms. The Labute approximate surface area is 155 Å². The molecule has 12 heteroatoms. The Bertz CT molecular complexity index is 419. The Kier molecular flexibility index (Phi) is 12.6. The van der Waals surface area contributed by atoms with Crippen LogP contribution in [0, 0.1) is 0 Å². The van der Waals surface area contributed by atoms with E-state index in [9.17, 15) is 29.1 Å². The second-order valence-corrected chi connectivity index (χ2v) is 3.15. The van der Waals surface area contributed by atoms with Crippen LogP contribution in [0.2, 0.25) is 0 Å². The Balaban J connectivity index is -0.00000144. The topological polar surface area (TPSA) is 175 Å². The first-order chi connectivity index (χ1) is 8.08. The van der Waals surface area contributed by atoms with E-state index in [-0.39, 0.29) is 59.1 Å². The number of hydrogen-bond donors (Lipinski definition) is 4. The summed E-state index contributed by atoms with van der Waals surface area (Å²) in [5, 5.41) is 34.3. The van der Waals surface area contributed by atoms with Gasteiger partial charge in [-0.3, -0.25) is 9.59 Å². The van der Waals surface area contributed by atoms with Crippen molar-refractivity contribution in [3.8, 4) is 0 Å². The van der Waals surface area contributed by atoms with E-state index in [1.165, 1.54) is 0 Å². The summed E-state index contributed by atoms with van der Waals surface area (Å²) >= 11 is 0. The molecule has 0 spiro atoms. The molecule has 0 aromatic rings. The molecule has 0 bridgehead atoms. The van der Waals surface area contributed by atoms with Gasteiger partial charge in [0.15, 0.2) is 5.60 Å². The summed E-state index contributed by atoms with van der Waals surface area (Å²) in [5.74, 6) is -9.47. The second-order valence-electron chi connectivity index (χ2n) is 3.15. The van der Waals surface area contributed by atoms with Crippen molar-refractivity contribution in [1.82, 2.24) is 0 Å². The molecule has 0 aliphatic heterocycles. The predicted molar refractivity (Wildman–Crippen MR) is 62.5 cm³/mol. The molecule has 0 fully saturated rings. The van der Waals surface area contributed by atoms with Gasteiger partial charge < -0.3 is 25.2 Å². The Morgan fingerprint density at radius 1 is 0.900 bits per heavy atom. The minimum absolute atomic E-state index is 0. The van der Waals surface area contributed by atoms with Crippen molar-refractivity contribution in [1.29, 1.82) is 0 Å². The molecule has 10 nitrogen and oxygen atoms in total. The zero-order chi connectivity index (χ0) is 14.5. The second kappa shape index (κ2) is 10.3. The molecule has 0 saturated heterocycles. The van der Waals surface area contributed by atoms with E-state index in [4.69, 9.17) is 15.3 Å². The van der Waals surface area contributed by atoms with E-state index < -0.39 is 48.3 Å². The van der Waals surface area contributed by atoms with Gasteiger partial charge in [-0.25, -0.2) is 14.4 Å². The first kappa shape index (κ1) is 24.5. The van der Waals surface area contributed by atoms with Crippen LogP contribution in [-0.4, -0.2) is 115 Å². The molecule has 0 rings (SSSR count). The average molecular weight is 312 g/mol. The van der Waals surface area contributed by atoms with E-state index in [0.717, 1.165) is 0 Å². The summed E-state index contributed by atoms with van der Waals surface area (Å²) in [6.07, 6.45) is -2.70. The standard InChI is InChI=1S/C8H8O10.2Na.2H/c9-3(10)1-8(17,7(15)16)2-4(11)18-6(14)5(12)13;;;;/h17H,1-2H2,(H,9,10)(H,12,13)(H,15,16);;;;. The zero-order valence-corrected chi connectivity index (χ0v) is 8.65. The first-order valence-electron chi connectivity index (χ1n) is 4.24. The summed E-state index contributed by atoms with van der Waals surface area (Å²) in [6.45, 7) is 0. The minimum atomic E-state index is -2.98. The molecule has 1 atom stereocenters. The van der Waals surface area contributed by atoms with Gasteiger partial charge in [0.25, 0.3) is 0 Å². The van der Waals surface area contributed by atoms with Crippen molar-refractivity contribution in [2.75, 3.05) is 0 Å². The van der Waals surface area contributed by atoms with Gasteiger partial charge in [0, 0.05) is 0 Å². The SMILES string of the molecule is O=C(O)CC(O)(CC(=O)OC(=O)C(=O)O)C(=O)O.[NaH].[NaH]. The number of hydrogen-bond acceptors (Lipinski definition) is 7. The molecule has 104 valence electrons. The van der Waals surface area contributed by atoms with E-state index in [1.54, 1.807) is 0 Å². The quantitative estimate of drug-likeness (QED) is 0.172. The molecule has 4 N–H and O–H groups in total. The van der Waals surface area contributed by atoms with E-state index in [1.807, 2.05) is 0 Å². The van der Waals surface area contributed by atoms with Crippen LogP contribution in [-0.2, 0) is 28.7 Å². The third-order valence-electron chi connectivity index (χ3n) is 1.66. The fourth-order valence-electron chi connectivity index (χ4n) is 0.886. The molecule has 0 amide bonds. The molecule has 0 aliphatic rings. The summed E-state index contributed by atoms with van der Waals surface area (Å²) in [4.78, 5) is 52.3. The number of aliphatic hydroxyl groups is 1. The van der Waals surface area contributed by atoms with Gasteiger partial charge in [0.05, 0.1) is 12.8 Å². The van der Waals surface area contributed by atoms with Crippen molar-refractivity contribution in [3.05, 3.63) is 0 Å². The van der Waals surface area contributed by atoms with Crippen molar-refractivity contribution >= 4 is 89.0 Å². The maximum absolute atomic E-state index is 10.9. The summed E-state index contributed by atoms with van der Waals surface area (Å²) in [7, 11) is 0. The summed E-state index contributed by atoms with van der Waals surface area (Å²) in [6, 6.07) is 0. The number of carboxylic acids is 3. The number of ether oxygens (including phenoxy) is 1. The Morgan fingerprint density at radius 2 is 1.35 bits per heavy atom. The first-order valence-corrected chi connectivity index (χ1v) is 4.24. The van der Waals surface area contributed by atoms with Crippen molar-refractivity contribution < 1.29 is 49.1 Å². The number of carbonyl (C=O) groups excluding carboxylic acids is 2. The molecule has 0 radical (unpaired) electrons. The zero-order valence-electron chi connectivity index (χ0n) is 8.65. The third-order valence-corrected chi connectivity index (χ3v) is 1.66. The van der Waals surface area contributed by atoms with Crippen molar-refractivity contribution in [2.24, 2.45) is 0 Å². The van der Waals surface area contributed by atoms with Gasteiger partial charge in [-0.1, -0.05) is 0 Å². The molecule has 0 aromatic carbocycles. The van der Waals surface area contributed by atoms with Crippen LogP contribution in [0.15, 0.2) is 0 Å². The molecule has 0 aromatic heterocycles. The van der Waals surface area contributed by atoms with Gasteiger partial charge in [-0.2, -0.15) is 0 Å². The van der Waals surface area contributed by atoms with E-state index in [2.05, 4.69) is 4.74 Å². The molecular weight excluding hydrogens is 302 g/mol. The van der Waals surface area contributed by atoms with Crippen LogP contribution in [0.4, 0.5) is 0 Å². The van der Waals surface area contributed by atoms with Crippen LogP contribution in [0.5, 0.6) is 0 Å². The third kappa shape index (κ3) is 8.64. The number of carbonyl (C=O) groups is 5. The summed E-state index contributed by atoms with van der Waals surface area (Å²) < 4.78 is 3.65.